The average molecular weight is 222 g/mol. The summed E-state index contributed by atoms with van der Waals surface area (Å²) < 4.78 is 4.77. The molecule has 1 rings (SSSR count). The monoisotopic (exact) mass is 222 g/mol. The molecular weight excluding hydrogens is 204 g/mol. The Morgan fingerprint density at radius 1 is 1.38 bits per heavy atom. The van der Waals surface area contributed by atoms with Crippen molar-refractivity contribution in [1.29, 1.82) is 0 Å². The van der Waals surface area contributed by atoms with E-state index < -0.39 is 0 Å². The lowest BCUT2D eigenvalue weighted by Crippen LogP contribution is -2.23. The van der Waals surface area contributed by atoms with Crippen LogP contribution in [0, 0.1) is 11.8 Å². The summed E-state index contributed by atoms with van der Waals surface area (Å²) in [7, 11) is 1.39. The summed E-state index contributed by atoms with van der Waals surface area (Å²) in [5.74, 6) is -0.0133. The molecule has 0 bridgehead atoms. The van der Waals surface area contributed by atoms with E-state index in [1.165, 1.54) is 7.11 Å². The highest BCUT2D eigenvalue weighted by atomic mass is 16.5. The molecule has 3 nitrogen and oxygen atoms in total. The van der Waals surface area contributed by atoms with Crippen molar-refractivity contribution < 1.29 is 14.6 Å². The van der Waals surface area contributed by atoms with Gasteiger partial charge in [-0.05, 0) is 24.0 Å². The van der Waals surface area contributed by atoms with Crippen LogP contribution >= 0.6 is 0 Å². The van der Waals surface area contributed by atoms with E-state index in [1.54, 1.807) is 12.1 Å². The van der Waals surface area contributed by atoms with Crippen LogP contribution in [-0.4, -0.2) is 18.2 Å². The first-order valence-electron chi connectivity index (χ1n) is 5.41. The predicted molar refractivity (Wildman–Crippen MR) is 62.2 cm³/mol. The Kier molecular flexibility index (Phi) is 4.35. The molecule has 1 aromatic carbocycles. The minimum Gasteiger partial charge on any atom is -0.508 e. The van der Waals surface area contributed by atoms with Crippen molar-refractivity contribution in [2.24, 2.45) is 11.8 Å². The highest BCUT2D eigenvalue weighted by Gasteiger charge is 2.24. The number of ether oxygens (including phenoxy) is 1. The molecule has 0 aromatic heterocycles. The van der Waals surface area contributed by atoms with Crippen LogP contribution in [0.2, 0.25) is 0 Å². The Bertz CT molecular complexity index is 358. The molecule has 0 aliphatic carbocycles. The molecule has 1 aromatic rings. The van der Waals surface area contributed by atoms with Crippen LogP contribution in [0.4, 0.5) is 0 Å². The van der Waals surface area contributed by atoms with Gasteiger partial charge in [-0.25, -0.2) is 0 Å². The number of phenolic OH excluding ortho intramolecular Hbond substituents is 1. The first-order valence-corrected chi connectivity index (χ1v) is 5.41. The lowest BCUT2D eigenvalue weighted by molar-refractivity contribution is -0.146. The molecule has 0 aliphatic rings. The number of hydrogen-bond acceptors (Lipinski definition) is 3. The van der Waals surface area contributed by atoms with Gasteiger partial charge in [-0.1, -0.05) is 32.0 Å². The Balaban J connectivity index is 2.84. The van der Waals surface area contributed by atoms with Gasteiger partial charge >= 0.3 is 5.97 Å². The van der Waals surface area contributed by atoms with Crippen LogP contribution < -0.4 is 0 Å². The van der Waals surface area contributed by atoms with E-state index in [0.717, 1.165) is 5.56 Å². The molecule has 3 heteroatoms. The minimum atomic E-state index is -0.224. The smallest absolute Gasteiger partial charge is 0.309 e. The number of methoxy groups -OCH3 is 1. The lowest BCUT2D eigenvalue weighted by atomic mass is 9.89. The van der Waals surface area contributed by atoms with Crippen molar-refractivity contribution in [1.82, 2.24) is 0 Å². The van der Waals surface area contributed by atoms with Gasteiger partial charge in [0.25, 0.3) is 0 Å². The maximum Gasteiger partial charge on any atom is 0.309 e. The summed E-state index contributed by atoms with van der Waals surface area (Å²) in [6.45, 7) is 3.95. The molecule has 0 aliphatic heterocycles. The third-order valence-corrected chi connectivity index (χ3v) is 2.74. The standard InChI is InChI=1S/C13H18O3/c1-9(2)11(13(15)16-3)8-10-6-4-5-7-12(10)14/h4-7,9,11,14H,8H2,1-3H3. The van der Waals surface area contributed by atoms with Gasteiger partial charge in [-0.15, -0.1) is 0 Å². The summed E-state index contributed by atoms with van der Waals surface area (Å²) in [4.78, 5) is 11.6. The molecule has 0 saturated heterocycles. The van der Waals surface area contributed by atoms with Crippen molar-refractivity contribution in [2.45, 2.75) is 20.3 Å². The highest BCUT2D eigenvalue weighted by Crippen LogP contribution is 2.24. The molecular formula is C13H18O3. The maximum absolute atomic E-state index is 11.6. The van der Waals surface area contributed by atoms with Crippen LogP contribution in [0.25, 0.3) is 0 Å². The fourth-order valence-corrected chi connectivity index (χ4v) is 1.66. The molecule has 88 valence electrons. The van der Waals surface area contributed by atoms with Crippen molar-refractivity contribution >= 4 is 5.97 Å². The molecule has 16 heavy (non-hydrogen) atoms. The SMILES string of the molecule is COC(=O)C(Cc1ccccc1O)C(C)C. The summed E-state index contributed by atoms with van der Waals surface area (Å²) in [5, 5.41) is 9.64. The van der Waals surface area contributed by atoms with Crippen LogP contribution in [0.1, 0.15) is 19.4 Å². The quantitative estimate of drug-likeness (QED) is 0.795. The van der Waals surface area contributed by atoms with E-state index in [-0.39, 0.29) is 23.6 Å². The largest absolute Gasteiger partial charge is 0.508 e. The lowest BCUT2D eigenvalue weighted by Gasteiger charge is -2.18. The Morgan fingerprint density at radius 3 is 2.50 bits per heavy atom. The average Bonchev–Trinajstić information content (AvgIpc) is 2.26. The number of hydrogen-bond donors (Lipinski definition) is 1. The third-order valence-electron chi connectivity index (χ3n) is 2.74. The van der Waals surface area contributed by atoms with Crippen LogP contribution in [0.3, 0.4) is 0 Å². The number of carbonyl (C=O) groups excluding carboxylic acids is 1. The number of carbonyl (C=O) groups is 1. The van der Waals surface area contributed by atoms with Gasteiger partial charge < -0.3 is 9.84 Å². The van der Waals surface area contributed by atoms with Gasteiger partial charge in [-0.3, -0.25) is 4.79 Å². The number of aromatic hydroxyl groups is 1. The second kappa shape index (κ2) is 5.54. The van der Waals surface area contributed by atoms with E-state index in [4.69, 9.17) is 4.74 Å². The zero-order valence-electron chi connectivity index (χ0n) is 9.93. The second-order valence-electron chi connectivity index (χ2n) is 4.21. The van der Waals surface area contributed by atoms with E-state index in [2.05, 4.69) is 0 Å². The number of rotatable bonds is 4. The molecule has 0 fully saturated rings. The van der Waals surface area contributed by atoms with Gasteiger partial charge in [0.05, 0.1) is 13.0 Å². The summed E-state index contributed by atoms with van der Waals surface area (Å²) >= 11 is 0. The Morgan fingerprint density at radius 2 is 2.00 bits per heavy atom. The minimum absolute atomic E-state index is 0.187. The maximum atomic E-state index is 11.6. The summed E-state index contributed by atoms with van der Waals surface area (Å²) in [6.07, 6.45) is 0.511. The molecule has 1 atom stereocenters. The summed E-state index contributed by atoms with van der Waals surface area (Å²) in [6, 6.07) is 7.07. The molecule has 0 spiro atoms. The fourth-order valence-electron chi connectivity index (χ4n) is 1.66. The van der Waals surface area contributed by atoms with Crippen LogP contribution in [0.5, 0.6) is 5.75 Å². The molecule has 0 radical (unpaired) electrons. The molecule has 1 N–H and O–H groups in total. The first kappa shape index (κ1) is 12.6. The van der Waals surface area contributed by atoms with Crippen molar-refractivity contribution in [3.63, 3.8) is 0 Å². The van der Waals surface area contributed by atoms with Gasteiger partial charge in [-0.2, -0.15) is 0 Å². The Labute approximate surface area is 96.1 Å². The number of phenols is 1. The molecule has 0 saturated carbocycles. The highest BCUT2D eigenvalue weighted by molar-refractivity contribution is 5.73. The molecule has 1 unspecified atom stereocenters. The zero-order valence-corrected chi connectivity index (χ0v) is 9.93. The zero-order chi connectivity index (χ0) is 12.1. The normalized spacial score (nSPS) is 12.5. The van der Waals surface area contributed by atoms with E-state index in [9.17, 15) is 9.90 Å². The Hall–Kier alpha value is -1.51. The number of benzene rings is 1. The third kappa shape index (κ3) is 2.99. The first-order chi connectivity index (χ1) is 7.56. The van der Waals surface area contributed by atoms with Gasteiger partial charge in [0.1, 0.15) is 5.75 Å². The van der Waals surface area contributed by atoms with E-state index in [1.807, 2.05) is 26.0 Å². The predicted octanol–water partition coefficient (Wildman–Crippen LogP) is 2.38. The second-order valence-corrected chi connectivity index (χ2v) is 4.21. The number of esters is 1. The summed E-state index contributed by atoms with van der Waals surface area (Å²) in [5.41, 5.74) is 0.784. The van der Waals surface area contributed by atoms with Crippen molar-refractivity contribution in [2.75, 3.05) is 7.11 Å². The van der Waals surface area contributed by atoms with E-state index >= 15 is 0 Å². The van der Waals surface area contributed by atoms with Crippen LogP contribution in [-0.2, 0) is 16.0 Å². The molecule has 0 amide bonds. The van der Waals surface area contributed by atoms with Crippen molar-refractivity contribution in [3.05, 3.63) is 29.8 Å². The van der Waals surface area contributed by atoms with Crippen molar-refractivity contribution in [3.8, 4) is 5.75 Å². The van der Waals surface area contributed by atoms with Crippen LogP contribution in [0.15, 0.2) is 24.3 Å². The topological polar surface area (TPSA) is 46.5 Å². The fraction of sp³-hybridized carbons (Fsp3) is 0.462. The van der Waals surface area contributed by atoms with Gasteiger partial charge in [0.15, 0.2) is 0 Å². The van der Waals surface area contributed by atoms with Gasteiger partial charge in [0, 0.05) is 0 Å². The molecule has 0 heterocycles. The number of para-hydroxylation sites is 1. The van der Waals surface area contributed by atoms with E-state index in [0.29, 0.717) is 6.42 Å². The van der Waals surface area contributed by atoms with Gasteiger partial charge in [0.2, 0.25) is 0 Å².